The zero-order chi connectivity index (χ0) is 21.1. The Morgan fingerprint density at radius 1 is 1.10 bits per heavy atom. The topological polar surface area (TPSA) is 89.5 Å². The molecule has 0 amide bonds. The van der Waals surface area contributed by atoms with E-state index in [1.807, 2.05) is 24.3 Å². The van der Waals surface area contributed by atoms with Gasteiger partial charge in [0.1, 0.15) is 10.8 Å². The van der Waals surface area contributed by atoms with E-state index in [0.717, 1.165) is 37.5 Å². The van der Waals surface area contributed by atoms with Crippen molar-refractivity contribution in [3.05, 3.63) is 56.8 Å². The first-order valence-electron chi connectivity index (χ1n) is 9.36. The highest BCUT2D eigenvalue weighted by molar-refractivity contribution is 6.41. The van der Waals surface area contributed by atoms with Gasteiger partial charge in [0, 0.05) is 31.7 Å². The molecule has 0 spiro atoms. The van der Waals surface area contributed by atoms with Gasteiger partial charge in [-0.1, -0.05) is 28.4 Å². The molecule has 1 saturated heterocycles. The summed E-state index contributed by atoms with van der Waals surface area (Å²) in [4.78, 5) is 21.0. The van der Waals surface area contributed by atoms with Crippen LogP contribution in [0.25, 0.3) is 11.4 Å². The van der Waals surface area contributed by atoms with Crippen molar-refractivity contribution < 1.29 is 9.26 Å². The fourth-order valence-corrected chi connectivity index (χ4v) is 3.46. The SMILES string of the molecule is COc1ccc(-c2noc(CN3CCN(Cn4ncc(Cl)c(Cl)c4=O)CC3)n2)cc1. The maximum absolute atomic E-state index is 12.1. The minimum Gasteiger partial charge on any atom is -0.497 e. The molecule has 1 aromatic carbocycles. The Balaban J connectivity index is 1.31. The first kappa shape index (κ1) is 20.8. The summed E-state index contributed by atoms with van der Waals surface area (Å²) in [5, 5.41) is 8.28. The standard InChI is InChI=1S/C19H20Cl2N6O3/c1-29-14-4-2-13(3-5-14)18-23-16(30-24-18)11-25-6-8-26(9-7-25)12-27-19(28)17(21)15(20)10-22-27/h2-5,10H,6-9,11-12H2,1H3. The highest BCUT2D eigenvalue weighted by Gasteiger charge is 2.20. The van der Waals surface area contributed by atoms with Crippen LogP contribution < -0.4 is 10.3 Å². The average molecular weight is 451 g/mol. The molecule has 0 bridgehead atoms. The van der Waals surface area contributed by atoms with E-state index in [-0.39, 0.29) is 15.6 Å². The molecular weight excluding hydrogens is 431 g/mol. The quantitative estimate of drug-likeness (QED) is 0.565. The lowest BCUT2D eigenvalue weighted by molar-refractivity contribution is 0.0898. The fraction of sp³-hybridized carbons (Fsp3) is 0.368. The highest BCUT2D eigenvalue weighted by atomic mass is 35.5. The summed E-state index contributed by atoms with van der Waals surface area (Å²) < 4.78 is 11.9. The number of halogens is 2. The van der Waals surface area contributed by atoms with Crippen molar-refractivity contribution in [3.8, 4) is 17.1 Å². The van der Waals surface area contributed by atoms with Crippen LogP contribution in [0.4, 0.5) is 0 Å². The van der Waals surface area contributed by atoms with Crippen molar-refractivity contribution in [2.75, 3.05) is 33.3 Å². The number of hydrogen-bond acceptors (Lipinski definition) is 8. The Bertz CT molecular complexity index is 1060. The molecule has 0 saturated carbocycles. The molecule has 1 aliphatic rings. The van der Waals surface area contributed by atoms with Gasteiger partial charge < -0.3 is 9.26 Å². The van der Waals surface area contributed by atoms with E-state index in [1.165, 1.54) is 10.9 Å². The van der Waals surface area contributed by atoms with E-state index < -0.39 is 0 Å². The first-order chi connectivity index (χ1) is 14.5. The second-order valence-corrected chi connectivity index (χ2v) is 7.67. The normalized spacial score (nSPS) is 15.4. The maximum Gasteiger partial charge on any atom is 0.288 e. The summed E-state index contributed by atoms with van der Waals surface area (Å²) in [5.74, 6) is 1.90. The van der Waals surface area contributed by atoms with Crippen LogP contribution in [-0.2, 0) is 13.2 Å². The molecule has 3 aromatic rings. The highest BCUT2D eigenvalue weighted by Crippen LogP contribution is 2.20. The van der Waals surface area contributed by atoms with E-state index in [9.17, 15) is 4.79 Å². The second kappa shape index (κ2) is 9.13. The number of piperazine rings is 1. The molecule has 1 aliphatic heterocycles. The zero-order valence-corrected chi connectivity index (χ0v) is 17.8. The molecule has 1 fully saturated rings. The summed E-state index contributed by atoms with van der Waals surface area (Å²) in [6, 6.07) is 7.51. The van der Waals surface area contributed by atoms with Crippen LogP contribution in [-0.4, -0.2) is 63.0 Å². The molecule has 4 rings (SSSR count). The molecule has 2 aromatic heterocycles. The number of aromatic nitrogens is 4. The van der Waals surface area contributed by atoms with Crippen LogP contribution in [0.2, 0.25) is 10.0 Å². The van der Waals surface area contributed by atoms with Gasteiger partial charge >= 0.3 is 0 Å². The maximum atomic E-state index is 12.1. The van der Waals surface area contributed by atoms with Crippen molar-refractivity contribution in [2.45, 2.75) is 13.2 Å². The molecule has 30 heavy (non-hydrogen) atoms. The Hall–Kier alpha value is -2.46. The Morgan fingerprint density at radius 2 is 1.80 bits per heavy atom. The summed E-state index contributed by atoms with van der Waals surface area (Å²) in [6.45, 7) is 4.09. The largest absolute Gasteiger partial charge is 0.497 e. The molecule has 0 unspecified atom stereocenters. The summed E-state index contributed by atoms with van der Waals surface area (Å²) in [5.41, 5.74) is 0.485. The van der Waals surface area contributed by atoms with Gasteiger partial charge in [-0.15, -0.1) is 0 Å². The molecule has 0 aliphatic carbocycles. The molecule has 3 heterocycles. The number of nitrogens with zero attached hydrogens (tertiary/aromatic N) is 6. The van der Waals surface area contributed by atoms with Crippen LogP contribution in [0, 0.1) is 0 Å². The Kier molecular flexibility index (Phi) is 6.33. The van der Waals surface area contributed by atoms with E-state index in [1.54, 1.807) is 7.11 Å². The lowest BCUT2D eigenvalue weighted by Gasteiger charge is -2.33. The van der Waals surface area contributed by atoms with Gasteiger partial charge in [-0.25, -0.2) is 4.68 Å². The number of methoxy groups -OCH3 is 1. The van der Waals surface area contributed by atoms with Crippen molar-refractivity contribution in [2.24, 2.45) is 0 Å². The first-order valence-corrected chi connectivity index (χ1v) is 10.1. The zero-order valence-electron chi connectivity index (χ0n) is 16.3. The van der Waals surface area contributed by atoms with Crippen LogP contribution in [0.5, 0.6) is 5.75 Å². The third kappa shape index (κ3) is 4.65. The molecular formula is C19H20Cl2N6O3. The van der Waals surface area contributed by atoms with Gasteiger partial charge in [-0.3, -0.25) is 14.6 Å². The predicted octanol–water partition coefficient (Wildman–Crippen LogP) is 2.38. The molecule has 11 heteroatoms. The number of rotatable bonds is 6. The minimum atomic E-state index is -0.386. The van der Waals surface area contributed by atoms with Crippen LogP contribution in [0.1, 0.15) is 5.89 Å². The van der Waals surface area contributed by atoms with Gasteiger partial charge in [0.05, 0.1) is 31.5 Å². The fourth-order valence-electron chi connectivity index (χ4n) is 3.19. The van der Waals surface area contributed by atoms with Crippen molar-refractivity contribution in [1.29, 1.82) is 0 Å². The van der Waals surface area contributed by atoms with Crippen molar-refractivity contribution in [3.63, 3.8) is 0 Å². The summed E-state index contributed by atoms with van der Waals surface area (Å²) in [6.07, 6.45) is 1.39. The van der Waals surface area contributed by atoms with Crippen LogP contribution >= 0.6 is 23.2 Å². The van der Waals surface area contributed by atoms with E-state index >= 15 is 0 Å². The van der Waals surface area contributed by atoms with Gasteiger partial charge in [-0.2, -0.15) is 10.1 Å². The van der Waals surface area contributed by atoms with Crippen molar-refractivity contribution in [1.82, 2.24) is 29.7 Å². The molecule has 0 atom stereocenters. The Labute approximate surface area is 182 Å². The molecule has 0 N–H and O–H groups in total. The molecule has 0 radical (unpaired) electrons. The lowest BCUT2D eigenvalue weighted by atomic mass is 10.2. The van der Waals surface area contributed by atoms with E-state index in [2.05, 4.69) is 25.0 Å². The molecule has 158 valence electrons. The van der Waals surface area contributed by atoms with Crippen LogP contribution in [0.3, 0.4) is 0 Å². The smallest absolute Gasteiger partial charge is 0.288 e. The number of benzene rings is 1. The number of ether oxygens (including phenoxy) is 1. The summed E-state index contributed by atoms with van der Waals surface area (Å²) in [7, 11) is 1.63. The summed E-state index contributed by atoms with van der Waals surface area (Å²) >= 11 is 11.7. The van der Waals surface area contributed by atoms with Crippen molar-refractivity contribution >= 4 is 23.2 Å². The third-order valence-corrected chi connectivity index (χ3v) is 5.66. The van der Waals surface area contributed by atoms with Gasteiger partial charge in [0.2, 0.25) is 11.7 Å². The van der Waals surface area contributed by atoms with Gasteiger partial charge in [0.25, 0.3) is 5.56 Å². The van der Waals surface area contributed by atoms with Gasteiger partial charge in [0.15, 0.2) is 0 Å². The number of hydrogen-bond donors (Lipinski definition) is 0. The van der Waals surface area contributed by atoms with E-state index in [0.29, 0.717) is 24.9 Å². The monoisotopic (exact) mass is 450 g/mol. The minimum absolute atomic E-state index is 0.00522. The third-order valence-electron chi connectivity index (χ3n) is 4.92. The molecule has 9 nitrogen and oxygen atoms in total. The lowest BCUT2D eigenvalue weighted by Crippen LogP contribution is -2.47. The average Bonchev–Trinajstić information content (AvgIpc) is 3.24. The van der Waals surface area contributed by atoms with Gasteiger partial charge in [-0.05, 0) is 24.3 Å². The second-order valence-electron chi connectivity index (χ2n) is 6.89. The Morgan fingerprint density at radius 3 is 2.50 bits per heavy atom. The van der Waals surface area contributed by atoms with Crippen LogP contribution in [0.15, 0.2) is 39.8 Å². The predicted molar refractivity (Wildman–Crippen MR) is 112 cm³/mol. The van der Waals surface area contributed by atoms with E-state index in [4.69, 9.17) is 32.5 Å².